The molecule has 94 valence electrons. The first-order chi connectivity index (χ1) is 8.04. The lowest BCUT2D eigenvalue weighted by atomic mass is 10.1. The Balaban J connectivity index is 2.66. The molecule has 1 amide bonds. The van der Waals surface area contributed by atoms with E-state index in [2.05, 4.69) is 31.9 Å². The summed E-state index contributed by atoms with van der Waals surface area (Å²) in [6, 6.07) is 8.14. The van der Waals surface area contributed by atoms with Crippen molar-refractivity contribution in [3.63, 3.8) is 0 Å². The fraction of sp³-hybridized carbons (Fsp3) is 0.462. The third-order valence-electron chi connectivity index (χ3n) is 2.54. The van der Waals surface area contributed by atoms with Gasteiger partial charge < -0.3 is 4.90 Å². The van der Waals surface area contributed by atoms with Crippen molar-refractivity contribution >= 4 is 37.8 Å². The Morgan fingerprint density at radius 3 is 2.35 bits per heavy atom. The summed E-state index contributed by atoms with van der Waals surface area (Å²) in [5.41, 5.74) is 1.05. The quantitative estimate of drug-likeness (QED) is 0.732. The molecule has 0 aliphatic heterocycles. The van der Waals surface area contributed by atoms with Crippen molar-refractivity contribution in [2.75, 3.05) is 11.9 Å². The molecule has 1 rings (SSSR count). The number of nitrogens with zero attached hydrogens (tertiary/aromatic N) is 1. The van der Waals surface area contributed by atoms with Crippen LogP contribution in [0.4, 0.5) is 0 Å². The number of rotatable bonds is 5. The van der Waals surface area contributed by atoms with Crippen LogP contribution in [0.2, 0.25) is 0 Å². The second-order valence-electron chi connectivity index (χ2n) is 4.17. The standard InChI is InChI=1S/C13H17Br2NO/c1-10(2)16(8-7-14)13(17)9-11-3-5-12(15)6-4-11/h3-6,10H,7-9H2,1-2H3. The summed E-state index contributed by atoms with van der Waals surface area (Å²) >= 11 is 6.77. The Morgan fingerprint density at radius 1 is 1.29 bits per heavy atom. The number of benzene rings is 1. The lowest BCUT2D eigenvalue weighted by molar-refractivity contribution is -0.131. The maximum Gasteiger partial charge on any atom is 0.227 e. The second kappa shape index (κ2) is 7.17. The maximum atomic E-state index is 12.1. The van der Waals surface area contributed by atoms with E-state index in [1.54, 1.807) is 0 Å². The van der Waals surface area contributed by atoms with Gasteiger partial charge in [0.1, 0.15) is 0 Å². The van der Waals surface area contributed by atoms with Gasteiger partial charge in [0.05, 0.1) is 6.42 Å². The average molecular weight is 363 g/mol. The molecule has 0 spiro atoms. The van der Waals surface area contributed by atoms with E-state index >= 15 is 0 Å². The zero-order valence-electron chi connectivity index (χ0n) is 10.1. The molecule has 0 N–H and O–H groups in total. The van der Waals surface area contributed by atoms with Gasteiger partial charge in [-0.15, -0.1) is 0 Å². The van der Waals surface area contributed by atoms with Crippen LogP contribution in [-0.2, 0) is 11.2 Å². The van der Waals surface area contributed by atoms with E-state index in [0.717, 1.165) is 21.9 Å². The molecule has 0 aromatic heterocycles. The van der Waals surface area contributed by atoms with Crippen LogP contribution in [0, 0.1) is 0 Å². The van der Waals surface area contributed by atoms with Crippen molar-refractivity contribution in [1.82, 2.24) is 4.90 Å². The summed E-state index contributed by atoms with van der Waals surface area (Å²) in [7, 11) is 0. The summed E-state index contributed by atoms with van der Waals surface area (Å²) in [6.45, 7) is 4.84. The van der Waals surface area contributed by atoms with Gasteiger partial charge in [-0.2, -0.15) is 0 Å². The lowest BCUT2D eigenvalue weighted by Crippen LogP contribution is -2.39. The summed E-state index contributed by atoms with van der Waals surface area (Å²) in [6.07, 6.45) is 0.471. The van der Waals surface area contributed by atoms with E-state index in [-0.39, 0.29) is 11.9 Å². The van der Waals surface area contributed by atoms with Crippen molar-refractivity contribution in [3.05, 3.63) is 34.3 Å². The molecule has 2 nitrogen and oxygen atoms in total. The van der Waals surface area contributed by atoms with Crippen LogP contribution in [0.1, 0.15) is 19.4 Å². The Bertz CT molecular complexity index is 362. The van der Waals surface area contributed by atoms with Gasteiger partial charge in [0.15, 0.2) is 0 Å². The molecule has 0 atom stereocenters. The summed E-state index contributed by atoms with van der Waals surface area (Å²) in [5, 5.41) is 0.817. The fourth-order valence-electron chi connectivity index (χ4n) is 1.64. The monoisotopic (exact) mass is 361 g/mol. The maximum absolute atomic E-state index is 12.1. The summed E-state index contributed by atoms with van der Waals surface area (Å²) in [5.74, 6) is 0.182. The van der Waals surface area contributed by atoms with Crippen LogP contribution in [0.15, 0.2) is 28.7 Å². The Labute approximate surface area is 120 Å². The minimum absolute atomic E-state index is 0.182. The first-order valence-corrected chi connectivity index (χ1v) is 7.56. The fourth-order valence-corrected chi connectivity index (χ4v) is 2.29. The highest BCUT2D eigenvalue weighted by atomic mass is 79.9. The highest BCUT2D eigenvalue weighted by Crippen LogP contribution is 2.12. The van der Waals surface area contributed by atoms with E-state index in [0.29, 0.717) is 6.42 Å². The number of carbonyl (C=O) groups is 1. The second-order valence-corrected chi connectivity index (χ2v) is 5.88. The van der Waals surface area contributed by atoms with Gasteiger partial charge in [0, 0.05) is 22.4 Å². The van der Waals surface area contributed by atoms with Crippen molar-refractivity contribution < 1.29 is 4.79 Å². The van der Waals surface area contributed by atoms with Crippen LogP contribution in [0.5, 0.6) is 0 Å². The summed E-state index contributed by atoms with van der Waals surface area (Å²) < 4.78 is 1.04. The number of halogens is 2. The molecule has 0 saturated heterocycles. The van der Waals surface area contributed by atoms with Gasteiger partial charge in [0.25, 0.3) is 0 Å². The number of amides is 1. The molecule has 4 heteroatoms. The Morgan fingerprint density at radius 2 is 1.88 bits per heavy atom. The van der Waals surface area contributed by atoms with Gasteiger partial charge in [-0.3, -0.25) is 4.79 Å². The molecule has 0 aliphatic carbocycles. The Kier molecular flexibility index (Phi) is 6.20. The van der Waals surface area contributed by atoms with Gasteiger partial charge in [-0.25, -0.2) is 0 Å². The molecular formula is C13H17Br2NO. The minimum atomic E-state index is 0.182. The third kappa shape index (κ3) is 4.80. The SMILES string of the molecule is CC(C)N(CCBr)C(=O)Cc1ccc(Br)cc1. The topological polar surface area (TPSA) is 20.3 Å². The van der Waals surface area contributed by atoms with Gasteiger partial charge in [-0.05, 0) is 31.5 Å². The van der Waals surface area contributed by atoms with E-state index < -0.39 is 0 Å². The molecule has 0 unspecified atom stereocenters. The van der Waals surface area contributed by atoms with Crippen LogP contribution < -0.4 is 0 Å². The molecule has 17 heavy (non-hydrogen) atoms. The first kappa shape index (κ1) is 14.7. The molecule has 1 aromatic carbocycles. The van der Waals surface area contributed by atoms with E-state index in [1.807, 2.05) is 43.0 Å². The van der Waals surface area contributed by atoms with E-state index in [9.17, 15) is 4.79 Å². The zero-order valence-corrected chi connectivity index (χ0v) is 13.3. The zero-order chi connectivity index (χ0) is 12.8. The van der Waals surface area contributed by atoms with Crippen LogP contribution in [-0.4, -0.2) is 28.7 Å². The highest BCUT2D eigenvalue weighted by Gasteiger charge is 2.16. The van der Waals surface area contributed by atoms with Gasteiger partial charge in [0.2, 0.25) is 5.91 Å². The van der Waals surface area contributed by atoms with Crippen LogP contribution >= 0.6 is 31.9 Å². The number of hydrogen-bond donors (Lipinski definition) is 0. The van der Waals surface area contributed by atoms with Crippen LogP contribution in [0.3, 0.4) is 0 Å². The average Bonchev–Trinajstić information content (AvgIpc) is 2.28. The Hall–Kier alpha value is -0.350. The predicted molar refractivity (Wildman–Crippen MR) is 78.5 cm³/mol. The van der Waals surface area contributed by atoms with Crippen molar-refractivity contribution in [2.45, 2.75) is 26.3 Å². The number of carbonyl (C=O) groups excluding carboxylic acids is 1. The molecule has 0 saturated carbocycles. The molecule has 0 fully saturated rings. The number of hydrogen-bond acceptors (Lipinski definition) is 1. The van der Waals surface area contributed by atoms with Crippen molar-refractivity contribution in [2.24, 2.45) is 0 Å². The smallest absolute Gasteiger partial charge is 0.227 e. The molecule has 0 heterocycles. The normalized spacial score (nSPS) is 10.6. The largest absolute Gasteiger partial charge is 0.339 e. The minimum Gasteiger partial charge on any atom is -0.339 e. The van der Waals surface area contributed by atoms with Crippen LogP contribution in [0.25, 0.3) is 0 Å². The van der Waals surface area contributed by atoms with Crippen molar-refractivity contribution in [1.29, 1.82) is 0 Å². The number of alkyl halides is 1. The van der Waals surface area contributed by atoms with Crippen molar-refractivity contribution in [3.8, 4) is 0 Å². The molecular weight excluding hydrogens is 346 g/mol. The van der Waals surface area contributed by atoms with Gasteiger partial charge in [-0.1, -0.05) is 44.0 Å². The molecule has 0 bridgehead atoms. The van der Waals surface area contributed by atoms with E-state index in [1.165, 1.54) is 0 Å². The third-order valence-corrected chi connectivity index (χ3v) is 3.42. The van der Waals surface area contributed by atoms with Gasteiger partial charge >= 0.3 is 0 Å². The highest BCUT2D eigenvalue weighted by molar-refractivity contribution is 9.10. The molecule has 0 radical (unpaired) electrons. The molecule has 0 aliphatic rings. The first-order valence-electron chi connectivity index (χ1n) is 5.64. The lowest BCUT2D eigenvalue weighted by Gasteiger charge is -2.26. The molecule has 1 aromatic rings. The predicted octanol–water partition coefficient (Wildman–Crippen LogP) is 3.62. The van der Waals surface area contributed by atoms with E-state index in [4.69, 9.17) is 0 Å². The summed E-state index contributed by atoms with van der Waals surface area (Å²) in [4.78, 5) is 14.0.